The number of hydrogen-bond donors (Lipinski definition) is 1. The number of fused-ring (bicyclic) bond motifs is 1. The van der Waals surface area contributed by atoms with Crippen LogP contribution in [0, 0.1) is 12.8 Å². The first-order chi connectivity index (χ1) is 11.2. The van der Waals surface area contributed by atoms with Gasteiger partial charge in [-0.05, 0) is 63.7 Å². The van der Waals surface area contributed by atoms with Crippen molar-refractivity contribution in [2.75, 3.05) is 26.2 Å². The lowest BCUT2D eigenvalue weighted by molar-refractivity contribution is 0.0940. The minimum Gasteiger partial charge on any atom is -0.349 e. The van der Waals surface area contributed by atoms with Gasteiger partial charge < -0.3 is 14.8 Å². The van der Waals surface area contributed by atoms with Gasteiger partial charge in [-0.2, -0.15) is 0 Å². The van der Waals surface area contributed by atoms with Crippen LogP contribution < -0.4 is 5.32 Å². The van der Waals surface area contributed by atoms with E-state index in [9.17, 15) is 4.79 Å². The molecule has 4 nitrogen and oxygen atoms in total. The number of carbonyl (C=O) groups excluding carboxylic acids is 1. The number of hydrogen-bond acceptors (Lipinski definition) is 3. The maximum Gasteiger partial charge on any atom is 0.268 e. The van der Waals surface area contributed by atoms with Crippen LogP contribution in [0.15, 0.2) is 12.1 Å². The summed E-state index contributed by atoms with van der Waals surface area (Å²) in [6, 6.07) is 4.31. The van der Waals surface area contributed by atoms with Gasteiger partial charge in [0.2, 0.25) is 0 Å². The molecule has 2 fully saturated rings. The molecule has 4 rings (SSSR count). The number of aromatic nitrogens is 1. The molecule has 1 saturated heterocycles. The normalized spacial score (nSPS) is 18.8. The molecule has 5 heteroatoms. The number of carbonyl (C=O) groups is 1. The molecule has 2 aliphatic rings. The number of amides is 1. The number of thiophene rings is 1. The summed E-state index contributed by atoms with van der Waals surface area (Å²) in [7, 11) is 0. The predicted octanol–water partition coefficient (Wildman–Crippen LogP) is 3.25. The van der Waals surface area contributed by atoms with Crippen LogP contribution in [-0.2, 0) is 6.54 Å². The quantitative estimate of drug-likeness (QED) is 0.882. The van der Waals surface area contributed by atoms with E-state index < -0.39 is 0 Å². The van der Waals surface area contributed by atoms with Gasteiger partial charge in [0, 0.05) is 24.5 Å². The molecule has 0 aromatic carbocycles. The smallest absolute Gasteiger partial charge is 0.268 e. The van der Waals surface area contributed by atoms with Crippen molar-refractivity contribution in [2.45, 2.75) is 39.2 Å². The molecule has 2 aromatic rings. The Morgan fingerprint density at radius 3 is 2.83 bits per heavy atom. The molecule has 1 aliphatic carbocycles. The minimum atomic E-state index is 0.0888. The van der Waals surface area contributed by atoms with Crippen LogP contribution in [0.5, 0.6) is 0 Å². The molecular formula is C18H25N3OS. The zero-order chi connectivity index (χ0) is 15.8. The molecule has 0 bridgehead atoms. The molecule has 3 heterocycles. The van der Waals surface area contributed by atoms with Crippen molar-refractivity contribution in [3.8, 4) is 0 Å². The highest BCUT2D eigenvalue weighted by atomic mass is 32.1. The van der Waals surface area contributed by atoms with Gasteiger partial charge >= 0.3 is 0 Å². The van der Waals surface area contributed by atoms with Gasteiger partial charge in [0.05, 0.1) is 10.2 Å². The zero-order valence-electron chi connectivity index (χ0n) is 13.8. The van der Waals surface area contributed by atoms with E-state index in [1.54, 1.807) is 11.3 Å². The van der Waals surface area contributed by atoms with E-state index in [0.29, 0.717) is 0 Å². The first kappa shape index (κ1) is 15.2. The maximum atomic E-state index is 12.6. The Labute approximate surface area is 141 Å². The topological polar surface area (TPSA) is 37.3 Å². The molecule has 2 aromatic heterocycles. The Balaban J connectivity index is 1.47. The number of aryl methyl sites for hydroxylation is 1. The first-order valence-corrected chi connectivity index (χ1v) is 9.62. The van der Waals surface area contributed by atoms with Gasteiger partial charge in [-0.15, -0.1) is 11.3 Å². The van der Waals surface area contributed by atoms with Crippen LogP contribution in [0.2, 0.25) is 0 Å². The molecule has 1 N–H and O–H groups in total. The molecule has 0 unspecified atom stereocenters. The average Bonchev–Trinajstić information content (AvgIpc) is 2.92. The van der Waals surface area contributed by atoms with Crippen molar-refractivity contribution >= 4 is 27.5 Å². The van der Waals surface area contributed by atoms with Gasteiger partial charge in [-0.25, -0.2) is 0 Å². The van der Waals surface area contributed by atoms with Gasteiger partial charge in [0.15, 0.2) is 0 Å². The van der Waals surface area contributed by atoms with Crippen LogP contribution in [0.3, 0.4) is 0 Å². The lowest BCUT2D eigenvalue weighted by atomic mass is 10.3. The van der Waals surface area contributed by atoms with E-state index in [-0.39, 0.29) is 5.91 Å². The Bertz CT molecular complexity index is 707. The highest BCUT2D eigenvalue weighted by Gasteiger charge is 2.26. The van der Waals surface area contributed by atoms with Gasteiger partial charge in [-0.1, -0.05) is 0 Å². The number of nitrogens with one attached hydrogen (secondary N) is 1. The lowest BCUT2D eigenvalue weighted by Gasteiger charge is -2.15. The Morgan fingerprint density at radius 1 is 1.30 bits per heavy atom. The Hall–Kier alpha value is -1.33. The zero-order valence-corrected chi connectivity index (χ0v) is 14.6. The number of nitrogens with zero attached hydrogens (tertiary/aromatic N) is 2. The summed E-state index contributed by atoms with van der Waals surface area (Å²) in [5.41, 5.74) is 2.09. The van der Waals surface area contributed by atoms with Crippen LogP contribution in [0.4, 0.5) is 0 Å². The summed E-state index contributed by atoms with van der Waals surface area (Å²) in [5, 5.41) is 3.13. The SMILES string of the molecule is Cc1cc2c(cc(C(=O)NCCN3CCCC3)n2CC2CC2)s1. The molecule has 0 spiro atoms. The number of likely N-dealkylation sites (tertiary alicyclic amines) is 1. The second-order valence-corrected chi connectivity index (χ2v) is 8.28. The van der Waals surface area contributed by atoms with E-state index in [0.717, 1.165) is 31.2 Å². The van der Waals surface area contributed by atoms with Crippen molar-refractivity contribution in [1.29, 1.82) is 0 Å². The van der Waals surface area contributed by atoms with E-state index in [2.05, 4.69) is 33.8 Å². The monoisotopic (exact) mass is 331 g/mol. The Morgan fingerprint density at radius 2 is 2.09 bits per heavy atom. The van der Waals surface area contributed by atoms with Gasteiger partial charge in [-0.3, -0.25) is 4.79 Å². The average molecular weight is 331 g/mol. The highest BCUT2D eigenvalue weighted by Crippen LogP contribution is 2.35. The third-order valence-electron chi connectivity index (χ3n) is 5.00. The van der Waals surface area contributed by atoms with Crippen molar-refractivity contribution < 1.29 is 4.79 Å². The molecule has 1 amide bonds. The van der Waals surface area contributed by atoms with Gasteiger partial charge in [0.25, 0.3) is 5.91 Å². The largest absolute Gasteiger partial charge is 0.349 e. The molecular weight excluding hydrogens is 306 g/mol. The fourth-order valence-corrected chi connectivity index (χ4v) is 4.49. The summed E-state index contributed by atoms with van der Waals surface area (Å²) in [4.78, 5) is 16.4. The van der Waals surface area contributed by atoms with Crippen molar-refractivity contribution in [3.63, 3.8) is 0 Å². The summed E-state index contributed by atoms with van der Waals surface area (Å²) >= 11 is 1.79. The molecule has 23 heavy (non-hydrogen) atoms. The summed E-state index contributed by atoms with van der Waals surface area (Å²) in [6.45, 7) is 7.23. The molecule has 0 radical (unpaired) electrons. The summed E-state index contributed by atoms with van der Waals surface area (Å²) < 4.78 is 3.50. The maximum absolute atomic E-state index is 12.6. The van der Waals surface area contributed by atoms with Crippen LogP contribution in [0.1, 0.15) is 41.0 Å². The second kappa shape index (κ2) is 6.29. The van der Waals surface area contributed by atoms with Crippen molar-refractivity contribution in [1.82, 2.24) is 14.8 Å². The fraction of sp³-hybridized carbons (Fsp3) is 0.611. The third kappa shape index (κ3) is 3.31. The molecule has 0 atom stereocenters. The molecule has 1 aliphatic heterocycles. The third-order valence-corrected chi connectivity index (χ3v) is 5.98. The van der Waals surface area contributed by atoms with Crippen molar-refractivity contribution in [2.24, 2.45) is 5.92 Å². The van der Waals surface area contributed by atoms with Crippen LogP contribution >= 0.6 is 11.3 Å². The van der Waals surface area contributed by atoms with Crippen molar-refractivity contribution in [3.05, 3.63) is 22.7 Å². The lowest BCUT2D eigenvalue weighted by Crippen LogP contribution is -2.34. The van der Waals surface area contributed by atoms with E-state index in [4.69, 9.17) is 0 Å². The van der Waals surface area contributed by atoms with Crippen LogP contribution in [-0.4, -0.2) is 41.6 Å². The molecule has 1 saturated carbocycles. The standard InChI is InChI=1S/C18H25N3OS/c1-13-10-15-17(23-13)11-16(21(15)12-14-4-5-14)18(22)19-6-9-20-7-2-3-8-20/h10-11,14H,2-9,12H2,1H3,(H,19,22). The van der Waals surface area contributed by atoms with E-state index in [1.165, 1.54) is 53.9 Å². The minimum absolute atomic E-state index is 0.0888. The van der Waals surface area contributed by atoms with Crippen LogP contribution in [0.25, 0.3) is 10.2 Å². The summed E-state index contributed by atoms with van der Waals surface area (Å²) in [6.07, 6.45) is 5.21. The van der Waals surface area contributed by atoms with E-state index >= 15 is 0 Å². The first-order valence-electron chi connectivity index (χ1n) is 8.81. The predicted molar refractivity (Wildman–Crippen MR) is 95.3 cm³/mol. The fourth-order valence-electron chi connectivity index (χ4n) is 3.53. The summed E-state index contributed by atoms with van der Waals surface area (Å²) in [5.74, 6) is 0.854. The second-order valence-electron chi connectivity index (χ2n) is 6.99. The Kier molecular flexibility index (Phi) is 4.16. The number of rotatable bonds is 6. The van der Waals surface area contributed by atoms with E-state index in [1.807, 2.05) is 0 Å². The molecule has 124 valence electrons. The van der Waals surface area contributed by atoms with Gasteiger partial charge in [0.1, 0.15) is 5.69 Å². The highest BCUT2D eigenvalue weighted by molar-refractivity contribution is 7.19.